The van der Waals surface area contributed by atoms with E-state index >= 15 is 0 Å². The van der Waals surface area contributed by atoms with Crippen molar-refractivity contribution in [1.82, 2.24) is 0 Å². The molecule has 104 valence electrons. The highest BCUT2D eigenvalue weighted by atomic mass is 16.4. The monoisotopic (exact) mass is 276 g/mol. The fourth-order valence-electron chi connectivity index (χ4n) is 2.48. The van der Waals surface area contributed by atoms with Gasteiger partial charge in [0.05, 0.1) is 0 Å². The second kappa shape index (κ2) is 5.80. The summed E-state index contributed by atoms with van der Waals surface area (Å²) in [4.78, 5) is 10.6. The summed E-state index contributed by atoms with van der Waals surface area (Å²) >= 11 is 0. The quantitative estimate of drug-likeness (QED) is 0.760. The molecule has 2 heteroatoms. The lowest BCUT2D eigenvalue weighted by atomic mass is 9.99. The third-order valence-corrected chi connectivity index (χ3v) is 3.66. The van der Waals surface area contributed by atoms with Crippen molar-refractivity contribution in [3.05, 3.63) is 72.3 Å². The summed E-state index contributed by atoms with van der Waals surface area (Å²) in [7, 11) is 0. The molecule has 2 nitrogen and oxygen atoms in total. The van der Waals surface area contributed by atoms with Gasteiger partial charge in [-0.25, -0.2) is 0 Å². The van der Waals surface area contributed by atoms with E-state index < -0.39 is 5.97 Å². The number of rotatable bonds is 4. The zero-order valence-corrected chi connectivity index (χ0v) is 11.6. The molecule has 1 N–H and O–H groups in total. The average Bonchev–Trinajstić information content (AvgIpc) is 2.53. The van der Waals surface area contributed by atoms with Gasteiger partial charge in [-0.2, -0.15) is 0 Å². The molecule has 21 heavy (non-hydrogen) atoms. The molecule has 0 aromatic heterocycles. The molecule has 0 radical (unpaired) electrons. The van der Waals surface area contributed by atoms with Crippen LogP contribution in [0.3, 0.4) is 0 Å². The van der Waals surface area contributed by atoms with Crippen molar-refractivity contribution in [2.24, 2.45) is 0 Å². The highest BCUT2D eigenvalue weighted by molar-refractivity contribution is 5.87. The highest BCUT2D eigenvalue weighted by Gasteiger charge is 2.02. The Bertz CT molecular complexity index is 773. The largest absolute Gasteiger partial charge is 0.481 e. The second-order valence-electron chi connectivity index (χ2n) is 5.15. The van der Waals surface area contributed by atoms with Gasteiger partial charge in [0.15, 0.2) is 0 Å². The lowest BCUT2D eigenvalue weighted by Crippen LogP contribution is -1.97. The minimum atomic E-state index is -0.756. The Morgan fingerprint density at radius 3 is 2.19 bits per heavy atom. The first-order chi connectivity index (χ1) is 10.2. The summed E-state index contributed by atoms with van der Waals surface area (Å²) in [5.74, 6) is -0.756. The zero-order valence-electron chi connectivity index (χ0n) is 11.6. The molecular weight excluding hydrogens is 260 g/mol. The van der Waals surface area contributed by atoms with Gasteiger partial charge in [0.1, 0.15) is 0 Å². The van der Waals surface area contributed by atoms with E-state index in [9.17, 15) is 4.79 Å². The van der Waals surface area contributed by atoms with Gasteiger partial charge in [-0.3, -0.25) is 4.79 Å². The van der Waals surface area contributed by atoms with Gasteiger partial charge >= 0.3 is 5.97 Å². The number of carbonyl (C=O) groups is 1. The van der Waals surface area contributed by atoms with Gasteiger partial charge in [-0.1, -0.05) is 60.7 Å². The minimum Gasteiger partial charge on any atom is -0.481 e. The van der Waals surface area contributed by atoms with Gasteiger partial charge in [-0.15, -0.1) is 0 Å². The van der Waals surface area contributed by atoms with E-state index in [1.807, 2.05) is 24.3 Å². The maximum Gasteiger partial charge on any atom is 0.303 e. The fraction of sp³-hybridized carbons (Fsp3) is 0.105. The lowest BCUT2D eigenvalue weighted by Gasteiger charge is -2.06. The SMILES string of the molecule is O=C(O)CCc1ccc(-c2ccc3ccccc3c2)cc1. The number of carboxylic acid groups (broad SMARTS) is 1. The van der Waals surface area contributed by atoms with Crippen LogP contribution in [-0.2, 0) is 11.2 Å². The molecule has 3 aromatic rings. The Hall–Kier alpha value is -2.61. The maximum atomic E-state index is 10.6. The highest BCUT2D eigenvalue weighted by Crippen LogP contribution is 2.24. The van der Waals surface area contributed by atoms with Crippen molar-refractivity contribution in [3.63, 3.8) is 0 Å². The van der Waals surface area contributed by atoms with Crippen molar-refractivity contribution >= 4 is 16.7 Å². The number of benzene rings is 3. The summed E-state index contributed by atoms with van der Waals surface area (Å²) in [6.07, 6.45) is 0.753. The summed E-state index contributed by atoms with van der Waals surface area (Å²) in [5, 5.41) is 11.2. The predicted octanol–water partition coefficient (Wildman–Crippen LogP) is 4.52. The molecule has 0 amide bonds. The van der Waals surface area contributed by atoms with E-state index in [1.54, 1.807) is 0 Å². The number of fused-ring (bicyclic) bond motifs is 1. The Balaban J connectivity index is 1.86. The first-order valence-corrected chi connectivity index (χ1v) is 7.02. The third kappa shape index (κ3) is 3.11. The van der Waals surface area contributed by atoms with Gasteiger partial charge in [0.25, 0.3) is 0 Å². The number of hydrogen-bond acceptors (Lipinski definition) is 1. The standard InChI is InChI=1S/C19H16O2/c20-19(21)12-7-14-5-8-16(9-6-14)18-11-10-15-3-1-2-4-17(15)13-18/h1-6,8-11,13H,7,12H2,(H,20,21). The second-order valence-corrected chi connectivity index (χ2v) is 5.15. The summed E-state index contributed by atoms with van der Waals surface area (Å²) in [5.41, 5.74) is 3.39. The molecular formula is C19H16O2. The van der Waals surface area contributed by atoms with Crippen LogP contribution >= 0.6 is 0 Å². The van der Waals surface area contributed by atoms with Crippen molar-refractivity contribution < 1.29 is 9.90 Å². The van der Waals surface area contributed by atoms with Crippen molar-refractivity contribution in [2.75, 3.05) is 0 Å². The van der Waals surface area contributed by atoms with E-state index in [-0.39, 0.29) is 6.42 Å². The van der Waals surface area contributed by atoms with E-state index in [1.165, 1.54) is 16.3 Å². The molecule has 0 bridgehead atoms. The van der Waals surface area contributed by atoms with E-state index in [0.717, 1.165) is 11.1 Å². The molecule has 0 unspecified atom stereocenters. The molecule has 0 aliphatic carbocycles. The normalized spacial score (nSPS) is 10.7. The van der Waals surface area contributed by atoms with Crippen LogP contribution in [0.25, 0.3) is 21.9 Å². The topological polar surface area (TPSA) is 37.3 Å². The summed E-state index contributed by atoms with van der Waals surface area (Å²) in [6, 6.07) is 22.9. The molecule has 0 saturated carbocycles. The van der Waals surface area contributed by atoms with E-state index in [2.05, 4.69) is 42.5 Å². The van der Waals surface area contributed by atoms with Crippen molar-refractivity contribution in [2.45, 2.75) is 12.8 Å². The van der Waals surface area contributed by atoms with E-state index in [0.29, 0.717) is 6.42 Å². The average molecular weight is 276 g/mol. The Morgan fingerprint density at radius 1 is 0.810 bits per heavy atom. The van der Waals surface area contributed by atoms with Crippen LogP contribution in [0, 0.1) is 0 Å². The number of carboxylic acids is 1. The molecule has 0 saturated heterocycles. The molecule has 0 spiro atoms. The van der Waals surface area contributed by atoms with Crippen molar-refractivity contribution in [3.8, 4) is 11.1 Å². The zero-order chi connectivity index (χ0) is 14.7. The maximum absolute atomic E-state index is 10.6. The Labute approximate surface area is 123 Å². The number of hydrogen-bond donors (Lipinski definition) is 1. The van der Waals surface area contributed by atoms with Gasteiger partial charge < -0.3 is 5.11 Å². The van der Waals surface area contributed by atoms with Gasteiger partial charge in [-0.05, 0) is 39.9 Å². The Morgan fingerprint density at radius 2 is 1.48 bits per heavy atom. The molecule has 0 aliphatic heterocycles. The van der Waals surface area contributed by atoms with Crippen LogP contribution in [0.4, 0.5) is 0 Å². The van der Waals surface area contributed by atoms with Gasteiger partial charge in [0, 0.05) is 6.42 Å². The molecule has 0 aliphatic rings. The molecule has 3 aromatic carbocycles. The first-order valence-electron chi connectivity index (χ1n) is 7.02. The molecule has 0 atom stereocenters. The van der Waals surface area contributed by atoms with Crippen LogP contribution in [0.5, 0.6) is 0 Å². The van der Waals surface area contributed by atoms with Crippen LogP contribution < -0.4 is 0 Å². The molecule has 0 heterocycles. The predicted molar refractivity (Wildman–Crippen MR) is 85.3 cm³/mol. The van der Waals surface area contributed by atoms with Crippen LogP contribution in [0.1, 0.15) is 12.0 Å². The smallest absolute Gasteiger partial charge is 0.303 e. The Kier molecular flexibility index (Phi) is 3.69. The minimum absolute atomic E-state index is 0.176. The first kappa shape index (κ1) is 13.4. The van der Waals surface area contributed by atoms with Crippen LogP contribution in [0.2, 0.25) is 0 Å². The van der Waals surface area contributed by atoms with Crippen molar-refractivity contribution in [1.29, 1.82) is 0 Å². The molecule has 0 fully saturated rings. The number of aryl methyl sites for hydroxylation is 1. The fourth-order valence-corrected chi connectivity index (χ4v) is 2.48. The van der Waals surface area contributed by atoms with Crippen LogP contribution in [-0.4, -0.2) is 11.1 Å². The lowest BCUT2D eigenvalue weighted by molar-refractivity contribution is -0.136. The van der Waals surface area contributed by atoms with Crippen LogP contribution in [0.15, 0.2) is 66.7 Å². The summed E-state index contributed by atoms with van der Waals surface area (Å²) < 4.78 is 0. The molecule has 3 rings (SSSR count). The van der Waals surface area contributed by atoms with Gasteiger partial charge in [0.2, 0.25) is 0 Å². The summed E-state index contributed by atoms with van der Waals surface area (Å²) in [6.45, 7) is 0. The van der Waals surface area contributed by atoms with E-state index in [4.69, 9.17) is 5.11 Å². The number of aliphatic carboxylic acids is 1. The third-order valence-electron chi connectivity index (χ3n) is 3.66.